The lowest BCUT2D eigenvalue weighted by Crippen LogP contribution is -2.45. The van der Waals surface area contributed by atoms with E-state index < -0.39 is 18.0 Å². The number of amides is 3. The highest BCUT2D eigenvalue weighted by Crippen LogP contribution is 2.31. The number of hydrogen-bond acceptors (Lipinski definition) is 4. The van der Waals surface area contributed by atoms with Crippen molar-refractivity contribution in [2.75, 3.05) is 18.0 Å². The summed E-state index contributed by atoms with van der Waals surface area (Å²) >= 11 is 0. The Kier molecular flexibility index (Phi) is 6.71. The lowest BCUT2D eigenvalue weighted by atomic mass is 9.90. The summed E-state index contributed by atoms with van der Waals surface area (Å²) in [4.78, 5) is 31.6. The van der Waals surface area contributed by atoms with Gasteiger partial charge >= 0.3 is 18.3 Å². The number of alkyl halides is 3. The largest absolute Gasteiger partial charge is 0.445 e. The third-order valence-electron chi connectivity index (χ3n) is 6.06. The Morgan fingerprint density at radius 2 is 1.79 bits per heavy atom. The molecular weight excluding hydrogens is 437 g/mol. The van der Waals surface area contributed by atoms with E-state index in [1.807, 2.05) is 30.3 Å². The van der Waals surface area contributed by atoms with Gasteiger partial charge in [-0.05, 0) is 43.4 Å². The van der Waals surface area contributed by atoms with Gasteiger partial charge in [0.05, 0.1) is 11.9 Å². The summed E-state index contributed by atoms with van der Waals surface area (Å²) in [5.74, 6) is 0. The van der Waals surface area contributed by atoms with Gasteiger partial charge in [0, 0.05) is 25.2 Å². The van der Waals surface area contributed by atoms with Gasteiger partial charge in [-0.1, -0.05) is 30.3 Å². The van der Waals surface area contributed by atoms with Crippen LogP contribution in [0.15, 0.2) is 48.7 Å². The van der Waals surface area contributed by atoms with Gasteiger partial charge in [0.2, 0.25) is 0 Å². The first kappa shape index (κ1) is 22.9. The van der Waals surface area contributed by atoms with E-state index in [1.54, 1.807) is 4.90 Å². The van der Waals surface area contributed by atoms with E-state index in [4.69, 9.17) is 4.74 Å². The summed E-state index contributed by atoms with van der Waals surface area (Å²) in [6, 6.07) is 11.4. The predicted octanol–water partition coefficient (Wildman–Crippen LogP) is 4.58. The van der Waals surface area contributed by atoms with Crippen LogP contribution in [0.4, 0.5) is 28.4 Å². The molecule has 1 aliphatic heterocycles. The van der Waals surface area contributed by atoms with Crippen molar-refractivity contribution >= 4 is 17.8 Å². The number of hydrogen-bond donors (Lipinski definition) is 1. The van der Waals surface area contributed by atoms with Gasteiger partial charge in [-0.15, -0.1) is 0 Å². The molecule has 10 heteroatoms. The number of nitrogens with zero attached hydrogens (tertiary/aromatic N) is 3. The molecule has 1 N–H and O–H groups in total. The monoisotopic (exact) mass is 462 g/mol. The van der Waals surface area contributed by atoms with Gasteiger partial charge in [-0.3, -0.25) is 4.90 Å². The zero-order valence-electron chi connectivity index (χ0n) is 17.9. The van der Waals surface area contributed by atoms with Crippen molar-refractivity contribution in [3.63, 3.8) is 0 Å². The molecular formula is C23H25F3N4O3. The number of urea groups is 1. The summed E-state index contributed by atoms with van der Waals surface area (Å²) in [6.45, 7) is 1.11. The van der Waals surface area contributed by atoms with E-state index in [0.717, 1.165) is 43.5 Å². The summed E-state index contributed by atoms with van der Waals surface area (Å²) in [5.41, 5.74) is 0.284. The van der Waals surface area contributed by atoms with E-state index in [0.29, 0.717) is 18.8 Å². The molecule has 4 rings (SSSR count). The normalized spacial score (nSPS) is 21.2. The van der Waals surface area contributed by atoms with E-state index in [1.165, 1.54) is 11.0 Å². The minimum atomic E-state index is -4.51. The van der Waals surface area contributed by atoms with Gasteiger partial charge in [0.1, 0.15) is 12.3 Å². The number of rotatable bonds is 5. The van der Waals surface area contributed by atoms with Crippen LogP contribution in [0, 0.1) is 0 Å². The molecule has 0 bridgehead atoms. The molecule has 176 valence electrons. The zero-order chi connectivity index (χ0) is 23.4. The van der Waals surface area contributed by atoms with Crippen LogP contribution in [0.1, 0.15) is 36.9 Å². The second-order valence-electron chi connectivity index (χ2n) is 8.24. The number of nitrogens with one attached hydrogen (secondary N) is 1. The van der Waals surface area contributed by atoms with Gasteiger partial charge in [0.15, 0.2) is 0 Å². The van der Waals surface area contributed by atoms with E-state index in [-0.39, 0.29) is 24.7 Å². The number of anilines is 1. The fourth-order valence-corrected chi connectivity index (χ4v) is 4.31. The van der Waals surface area contributed by atoms with Crippen LogP contribution in [0.2, 0.25) is 0 Å². The van der Waals surface area contributed by atoms with Crippen LogP contribution in [-0.2, 0) is 17.5 Å². The molecule has 1 saturated heterocycles. The molecule has 0 radical (unpaired) electrons. The number of ether oxygens (including phenoxy) is 1. The Labute approximate surface area is 189 Å². The third kappa shape index (κ3) is 5.55. The molecule has 2 fully saturated rings. The van der Waals surface area contributed by atoms with Crippen LogP contribution in [-0.4, -0.2) is 47.2 Å². The Hall–Kier alpha value is -3.30. The number of halogens is 3. The molecule has 2 aliphatic rings. The Morgan fingerprint density at radius 1 is 1.06 bits per heavy atom. The maximum atomic E-state index is 12.9. The molecule has 0 spiro atoms. The van der Waals surface area contributed by atoms with Crippen molar-refractivity contribution < 1.29 is 27.5 Å². The van der Waals surface area contributed by atoms with Gasteiger partial charge in [-0.25, -0.2) is 14.6 Å². The highest BCUT2D eigenvalue weighted by molar-refractivity contribution is 5.94. The van der Waals surface area contributed by atoms with Crippen molar-refractivity contribution in [3.05, 3.63) is 59.9 Å². The van der Waals surface area contributed by atoms with Crippen molar-refractivity contribution in [3.8, 4) is 0 Å². The highest BCUT2D eigenvalue weighted by atomic mass is 19.4. The maximum absolute atomic E-state index is 12.9. The third-order valence-corrected chi connectivity index (χ3v) is 6.06. The van der Waals surface area contributed by atoms with Crippen LogP contribution in [0.5, 0.6) is 0 Å². The fraction of sp³-hybridized carbons (Fsp3) is 0.435. The second-order valence-corrected chi connectivity index (χ2v) is 8.24. The first-order chi connectivity index (χ1) is 15.8. The number of carbonyl (C=O) groups is 2. The Morgan fingerprint density at radius 3 is 2.42 bits per heavy atom. The van der Waals surface area contributed by atoms with E-state index >= 15 is 0 Å². The van der Waals surface area contributed by atoms with Crippen LogP contribution < -0.4 is 10.2 Å². The molecule has 1 saturated carbocycles. The number of pyridine rings is 1. The van der Waals surface area contributed by atoms with Gasteiger partial charge in [-0.2, -0.15) is 13.2 Å². The second kappa shape index (κ2) is 9.68. The number of carbonyl (C=O) groups excluding carboxylic acids is 2. The molecule has 2 aromatic rings. The summed E-state index contributed by atoms with van der Waals surface area (Å²) in [7, 11) is 0. The topological polar surface area (TPSA) is 74.8 Å². The lowest BCUT2D eigenvalue weighted by Gasteiger charge is -2.34. The van der Waals surface area contributed by atoms with Gasteiger partial charge < -0.3 is 15.0 Å². The zero-order valence-corrected chi connectivity index (χ0v) is 17.9. The molecule has 0 unspecified atom stereocenters. The van der Waals surface area contributed by atoms with Crippen molar-refractivity contribution in [1.29, 1.82) is 0 Å². The minimum absolute atomic E-state index is 0.0163. The summed E-state index contributed by atoms with van der Waals surface area (Å²) < 4.78 is 43.4. The molecule has 0 atom stereocenters. The average Bonchev–Trinajstić information content (AvgIpc) is 3.19. The average molecular weight is 462 g/mol. The minimum Gasteiger partial charge on any atom is -0.445 e. The quantitative estimate of drug-likeness (QED) is 0.706. The standard InChI is InChI=1S/C23H25F3N4O3/c24-23(25,26)20-11-10-19(14-27-20)30-13-12-29(22(30)32)18-8-6-17(7-9-18)28-21(31)33-15-16-4-2-1-3-5-16/h1-5,10-11,14,17-18H,6-9,12-13,15H2,(H,28,31). The molecule has 1 aromatic carbocycles. The molecule has 1 aromatic heterocycles. The maximum Gasteiger partial charge on any atom is 0.433 e. The molecule has 33 heavy (non-hydrogen) atoms. The first-order valence-electron chi connectivity index (χ1n) is 10.9. The smallest absolute Gasteiger partial charge is 0.433 e. The summed E-state index contributed by atoms with van der Waals surface area (Å²) in [5, 5.41) is 2.89. The lowest BCUT2D eigenvalue weighted by molar-refractivity contribution is -0.141. The first-order valence-corrected chi connectivity index (χ1v) is 10.9. The molecule has 7 nitrogen and oxygen atoms in total. The SMILES string of the molecule is O=C(NC1CCC(N2CCN(c3ccc(C(F)(F)F)nc3)C2=O)CC1)OCc1ccccc1. The molecule has 2 heterocycles. The molecule has 3 amide bonds. The Balaban J connectivity index is 1.24. The predicted molar refractivity (Wildman–Crippen MR) is 114 cm³/mol. The summed E-state index contributed by atoms with van der Waals surface area (Å²) in [6.07, 6.45) is -0.983. The highest BCUT2D eigenvalue weighted by Gasteiger charge is 2.37. The fourth-order valence-electron chi connectivity index (χ4n) is 4.31. The van der Waals surface area contributed by atoms with Crippen LogP contribution >= 0.6 is 0 Å². The van der Waals surface area contributed by atoms with Crippen molar-refractivity contribution in [2.24, 2.45) is 0 Å². The van der Waals surface area contributed by atoms with Crippen molar-refractivity contribution in [1.82, 2.24) is 15.2 Å². The van der Waals surface area contributed by atoms with Crippen LogP contribution in [0.3, 0.4) is 0 Å². The molecule has 1 aliphatic carbocycles. The van der Waals surface area contributed by atoms with E-state index in [9.17, 15) is 22.8 Å². The Bertz CT molecular complexity index is 961. The van der Waals surface area contributed by atoms with Crippen LogP contribution in [0.25, 0.3) is 0 Å². The van der Waals surface area contributed by atoms with Crippen molar-refractivity contribution in [2.45, 2.75) is 50.6 Å². The number of alkyl carbamates (subject to hydrolysis) is 1. The number of aromatic nitrogens is 1. The number of benzene rings is 1. The van der Waals surface area contributed by atoms with Gasteiger partial charge in [0.25, 0.3) is 0 Å². The van der Waals surface area contributed by atoms with E-state index in [2.05, 4.69) is 10.3 Å².